The van der Waals surface area contributed by atoms with Gasteiger partial charge >= 0.3 is 6.18 Å². The number of aliphatic imine (C=N–C) groups is 1. The predicted octanol–water partition coefficient (Wildman–Crippen LogP) is 3.30. The van der Waals surface area contributed by atoms with E-state index in [0.717, 1.165) is 58.1 Å². The lowest BCUT2D eigenvalue weighted by Crippen LogP contribution is -2.49. The zero-order valence-electron chi connectivity index (χ0n) is 17.1. The molecule has 1 unspecified atom stereocenters. The third-order valence-corrected chi connectivity index (χ3v) is 6.99. The number of nitrogens with zero attached hydrogens (tertiary/aromatic N) is 3. The Bertz CT molecular complexity index is 490. The molecule has 1 atom stereocenters. The van der Waals surface area contributed by atoms with Crippen molar-refractivity contribution in [3.8, 4) is 0 Å². The topological polar surface area (TPSA) is 40.1 Å². The van der Waals surface area contributed by atoms with Crippen molar-refractivity contribution in [2.45, 2.75) is 37.1 Å². The highest BCUT2D eigenvalue weighted by molar-refractivity contribution is 14.0. The summed E-state index contributed by atoms with van der Waals surface area (Å²) in [6.45, 7) is 5.86. The highest BCUT2D eigenvalue weighted by Gasteiger charge is 2.35. The summed E-state index contributed by atoms with van der Waals surface area (Å²) < 4.78 is 43.7. The molecule has 0 aromatic rings. The van der Waals surface area contributed by atoms with Gasteiger partial charge in [-0.3, -0.25) is 9.89 Å². The molecule has 0 bridgehead atoms. The molecule has 0 amide bonds. The van der Waals surface area contributed by atoms with Gasteiger partial charge in [-0.25, -0.2) is 0 Å². The molecule has 2 aliphatic rings. The molecule has 166 valence electrons. The Labute approximate surface area is 188 Å². The van der Waals surface area contributed by atoms with E-state index in [2.05, 4.69) is 21.5 Å². The molecule has 2 rings (SSSR count). The van der Waals surface area contributed by atoms with Crippen LogP contribution in [0.4, 0.5) is 13.2 Å². The van der Waals surface area contributed by atoms with E-state index in [1.807, 2.05) is 11.8 Å². The lowest BCUT2D eigenvalue weighted by molar-refractivity contribution is -0.146. The maximum absolute atomic E-state index is 12.7. The van der Waals surface area contributed by atoms with Crippen LogP contribution in [0.25, 0.3) is 0 Å². The van der Waals surface area contributed by atoms with Crippen molar-refractivity contribution in [1.29, 1.82) is 0 Å². The van der Waals surface area contributed by atoms with Crippen molar-refractivity contribution >= 4 is 41.7 Å². The highest BCUT2D eigenvalue weighted by atomic mass is 127. The van der Waals surface area contributed by atoms with E-state index in [4.69, 9.17) is 4.74 Å². The largest absolute Gasteiger partial charge is 0.401 e. The molecule has 5 nitrogen and oxygen atoms in total. The van der Waals surface area contributed by atoms with Crippen LogP contribution in [0.2, 0.25) is 0 Å². The Kier molecular flexibility index (Phi) is 11.2. The third kappa shape index (κ3) is 8.06. The summed E-state index contributed by atoms with van der Waals surface area (Å²) in [5, 5.41) is 3.50. The fourth-order valence-corrected chi connectivity index (χ4v) is 4.66. The summed E-state index contributed by atoms with van der Waals surface area (Å²) in [5.74, 6) is 1.10. The highest BCUT2D eigenvalue weighted by Crippen LogP contribution is 2.33. The van der Waals surface area contributed by atoms with Crippen molar-refractivity contribution in [2.24, 2.45) is 10.9 Å². The number of halogens is 4. The number of hydrogen-bond acceptors (Lipinski definition) is 4. The first-order chi connectivity index (χ1) is 12.8. The lowest BCUT2D eigenvalue weighted by Gasteiger charge is -2.37. The first-order valence-electron chi connectivity index (χ1n) is 9.68. The van der Waals surface area contributed by atoms with Gasteiger partial charge in [0.15, 0.2) is 5.96 Å². The molecule has 0 aromatic carbocycles. The third-order valence-electron chi connectivity index (χ3n) is 5.57. The molecule has 0 aromatic heterocycles. The second kappa shape index (κ2) is 12.0. The molecule has 0 saturated carbocycles. The predicted molar refractivity (Wildman–Crippen MR) is 121 cm³/mol. The van der Waals surface area contributed by atoms with Crippen molar-refractivity contribution < 1.29 is 17.9 Å². The smallest absolute Gasteiger partial charge is 0.381 e. The van der Waals surface area contributed by atoms with Crippen LogP contribution in [0.1, 0.15) is 26.2 Å². The Morgan fingerprint density at radius 2 is 2.04 bits per heavy atom. The second-order valence-electron chi connectivity index (χ2n) is 7.44. The quantitative estimate of drug-likeness (QED) is 0.306. The molecule has 1 N–H and O–H groups in total. The molecule has 10 heteroatoms. The average molecular weight is 538 g/mol. The van der Waals surface area contributed by atoms with Gasteiger partial charge in [-0.15, -0.1) is 24.0 Å². The summed E-state index contributed by atoms with van der Waals surface area (Å²) in [6.07, 6.45) is 0.938. The molecule has 28 heavy (non-hydrogen) atoms. The van der Waals surface area contributed by atoms with Crippen LogP contribution < -0.4 is 5.32 Å². The molecule has 0 spiro atoms. The molecule has 2 heterocycles. The summed E-state index contributed by atoms with van der Waals surface area (Å²) in [6, 6.07) is 0. The Morgan fingerprint density at radius 3 is 2.57 bits per heavy atom. The van der Waals surface area contributed by atoms with Crippen LogP contribution in [-0.2, 0) is 4.74 Å². The Hall–Kier alpha value is 0.0600. The van der Waals surface area contributed by atoms with Crippen LogP contribution >= 0.6 is 35.7 Å². The summed E-state index contributed by atoms with van der Waals surface area (Å²) in [5.41, 5.74) is 0. The molecule has 2 aliphatic heterocycles. The van der Waals surface area contributed by atoms with E-state index in [9.17, 15) is 13.2 Å². The van der Waals surface area contributed by atoms with Crippen LogP contribution in [0.5, 0.6) is 0 Å². The standard InChI is InChI=1S/C18H33F3N4OS.HI/c1-4-24(14-18(19,20)21)11-15-5-8-25(12-15)16(22-2)23-13-17(27-3)6-9-26-10-7-17;/h15H,4-14H2,1-3H3,(H,22,23);1H. The Balaban J connectivity index is 0.00000392. The maximum atomic E-state index is 12.7. The van der Waals surface area contributed by atoms with Gasteiger partial charge in [-0.05, 0) is 38.0 Å². The van der Waals surface area contributed by atoms with E-state index in [-0.39, 0.29) is 34.6 Å². The number of thioether (sulfide) groups is 1. The number of alkyl halides is 3. The van der Waals surface area contributed by atoms with Gasteiger partial charge in [0.1, 0.15) is 0 Å². The van der Waals surface area contributed by atoms with E-state index >= 15 is 0 Å². The minimum Gasteiger partial charge on any atom is -0.381 e. The fraction of sp³-hybridized carbons (Fsp3) is 0.944. The second-order valence-corrected chi connectivity index (χ2v) is 8.72. The van der Waals surface area contributed by atoms with Crippen molar-refractivity contribution in [3.63, 3.8) is 0 Å². The van der Waals surface area contributed by atoms with E-state index < -0.39 is 12.7 Å². The number of likely N-dealkylation sites (tertiary alicyclic amines) is 1. The number of hydrogen-bond donors (Lipinski definition) is 1. The first kappa shape index (κ1) is 26.1. The molecule has 2 saturated heterocycles. The Morgan fingerprint density at radius 1 is 1.36 bits per heavy atom. The minimum absolute atomic E-state index is 0. The first-order valence-corrected chi connectivity index (χ1v) is 10.9. The minimum atomic E-state index is -4.14. The van der Waals surface area contributed by atoms with Crippen molar-refractivity contribution in [3.05, 3.63) is 0 Å². The SMILES string of the molecule is CCN(CC1CCN(C(=NC)NCC2(SC)CCOCC2)C1)CC(F)(F)F.I. The van der Waals surface area contributed by atoms with Gasteiger partial charge in [0.25, 0.3) is 0 Å². The maximum Gasteiger partial charge on any atom is 0.401 e. The van der Waals surface area contributed by atoms with Gasteiger partial charge in [0, 0.05) is 51.2 Å². The number of ether oxygens (including phenoxy) is 1. The summed E-state index contributed by atoms with van der Waals surface area (Å²) in [7, 11) is 1.77. The monoisotopic (exact) mass is 538 g/mol. The zero-order valence-corrected chi connectivity index (χ0v) is 20.2. The van der Waals surface area contributed by atoms with Crippen LogP contribution in [0.15, 0.2) is 4.99 Å². The number of rotatable bonds is 7. The summed E-state index contributed by atoms with van der Waals surface area (Å²) >= 11 is 1.88. The fourth-order valence-electron chi connectivity index (χ4n) is 3.87. The lowest BCUT2D eigenvalue weighted by atomic mass is 9.99. The van der Waals surface area contributed by atoms with Crippen LogP contribution in [0, 0.1) is 5.92 Å². The molecule has 0 aliphatic carbocycles. The van der Waals surface area contributed by atoms with Crippen molar-refractivity contribution in [2.75, 3.05) is 65.8 Å². The van der Waals surface area contributed by atoms with Crippen LogP contribution in [0.3, 0.4) is 0 Å². The van der Waals surface area contributed by atoms with Gasteiger partial charge < -0.3 is 15.0 Å². The molecule has 2 fully saturated rings. The average Bonchev–Trinajstić information content (AvgIpc) is 3.09. The van der Waals surface area contributed by atoms with Gasteiger partial charge in [0.2, 0.25) is 0 Å². The van der Waals surface area contributed by atoms with Crippen molar-refractivity contribution in [1.82, 2.24) is 15.1 Å². The number of guanidine groups is 1. The zero-order chi connectivity index (χ0) is 19.9. The normalized spacial score (nSPS) is 23.0. The van der Waals surface area contributed by atoms with Gasteiger partial charge in [-0.2, -0.15) is 24.9 Å². The van der Waals surface area contributed by atoms with Crippen LogP contribution in [-0.4, -0.2) is 92.5 Å². The molecule has 0 radical (unpaired) electrons. The number of nitrogens with one attached hydrogen (secondary N) is 1. The van der Waals surface area contributed by atoms with Gasteiger partial charge in [-0.1, -0.05) is 6.92 Å². The summed E-state index contributed by atoms with van der Waals surface area (Å²) in [4.78, 5) is 8.09. The molecular formula is C18H34F3IN4OS. The van der Waals surface area contributed by atoms with Gasteiger partial charge in [0.05, 0.1) is 6.54 Å². The van der Waals surface area contributed by atoms with E-state index in [0.29, 0.717) is 13.1 Å². The van der Waals surface area contributed by atoms with E-state index in [1.54, 1.807) is 14.0 Å². The van der Waals surface area contributed by atoms with E-state index in [1.165, 1.54) is 4.90 Å². The molecular weight excluding hydrogens is 504 g/mol.